The second kappa shape index (κ2) is 6.24. The van der Waals surface area contributed by atoms with E-state index in [1.165, 1.54) is 5.56 Å². The molecule has 0 spiro atoms. The Hall–Kier alpha value is -2.01. The molecule has 100 valence electrons. The number of nitrogens with zero attached hydrogens (tertiary/aromatic N) is 4. The van der Waals surface area contributed by atoms with Crippen molar-refractivity contribution < 1.29 is 0 Å². The fraction of sp³-hybridized carbons (Fsp3) is 0.357. The topological polar surface area (TPSA) is 67.9 Å². The van der Waals surface area contributed by atoms with Crippen LogP contribution in [0.15, 0.2) is 30.6 Å². The smallest absolute Gasteiger partial charge is 0.226 e. The molecule has 2 rings (SSSR count). The van der Waals surface area contributed by atoms with Gasteiger partial charge in [-0.3, -0.25) is 4.98 Å². The van der Waals surface area contributed by atoms with E-state index < -0.39 is 0 Å². The first-order valence-electron chi connectivity index (χ1n) is 6.41. The molecule has 0 aromatic carbocycles. The normalized spacial score (nSPS) is 10.5. The lowest BCUT2D eigenvalue weighted by atomic mass is 10.2. The Morgan fingerprint density at radius 2 is 1.95 bits per heavy atom. The first-order valence-corrected chi connectivity index (χ1v) is 6.41. The van der Waals surface area contributed by atoms with Gasteiger partial charge in [0.15, 0.2) is 0 Å². The Bertz CT molecular complexity index is 527. The third-order valence-electron chi connectivity index (χ3n) is 2.89. The van der Waals surface area contributed by atoms with Gasteiger partial charge in [-0.05, 0) is 37.6 Å². The molecule has 0 unspecified atom stereocenters. The summed E-state index contributed by atoms with van der Waals surface area (Å²) in [5.74, 6) is 0.736. The van der Waals surface area contributed by atoms with Crippen molar-refractivity contribution in [1.29, 1.82) is 0 Å². The van der Waals surface area contributed by atoms with Gasteiger partial charge in [-0.25, -0.2) is 9.97 Å². The van der Waals surface area contributed by atoms with Gasteiger partial charge in [-0.2, -0.15) is 0 Å². The lowest BCUT2D eigenvalue weighted by Gasteiger charge is -2.21. The van der Waals surface area contributed by atoms with E-state index in [0.717, 1.165) is 30.4 Å². The maximum atomic E-state index is 5.66. The van der Waals surface area contributed by atoms with Crippen molar-refractivity contribution >= 4 is 5.95 Å². The zero-order valence-corrected chi connectivity index (χ0v) is 11.4. The lowest BCUT2D eigenvalue weighted by molar-refractivity contribution is 0.775. The van der Waals surface area contributed by atoms with Gasteiger partial charge in [0.25, 0.3) is 0 Å². The van der Waals surface area contributed by atoms with E-state index in [2.05, 4.69) is 26.8 Å². The highest BCUT2D eigenvalue weighted by Crippen LogP contribution is 2.13. The van der Waals surface area contributed by atoms with Crippen molar-refractivity contribution in [3.05, 3.63) is 47.5 Å². The van der Waals surface area contributed by atoms with Gasteiger partial charge in [0, 0.05) is 37.7 Å². The van der Waals surface area contributed by atoms with Crippen molar-refractivity contribution in [2.75, 3.05) is 11.4 Å². The van der Waals surface area contributed by atoms with Crippen molar-refractivity contribution in [2.24, 2.45) is 5.73 Å². The van der Waals surface area contributed by atoms with Crippen LogP contribution in [0.3, 0.4) is 0 Å². The fourth-order valence-corrected chi connectivity index (χ4v) is 1.90. The summed E-state index contributed by atoms with van der Waals surface area (Å²) in [6.07, 6.45) is 3.59. The quantitative estimate of drug-likeness (QED) is 0.882. The molecule has 0 saturated carbocycles. The van der Waals surface area contributed by atoms with Crippen LogP contribution < -0.4 is 10.6 Å². The summed E-state index contributed by atoms with van der Waals surface area (Å²) in [6, 6.07) is 5.92. The second-order valence-electron chi connectivity index (χ2n) is 4.37. The molecule has 0 radical (unpaired) electrons. The highest BCUT2D eigenvalue weighted by molar-refractivity contribution is 5.33. The summed E-state index contributed by atoms with van der Waals surface area (Å²) >= 11 is 0. The molecule has 0 bridgehead atoms. The second-order valence-corrected chi connectivity index (χ2v) is 4.37. The Labute approximate surface area is 113 Å². The van der Waals surface area contributed by atoms with Crippen LogP contribution in [-0.4, -0.2) is 21.5 Å². The van der Waals surface area contributed by atoms with Gasteiger partial charge >= 0.3 is 0 Å². The number of rotatable bonds is 5. The molecule has 2 aromatic rings. The first kappa shape index (κ1) is 13.4. The predicted molar refractivity (Wildman–Crippen MR) is 75.6 cm³/mol. The van der Waals surface area contributed by atoms with Crippen LogP contribution in [0.2, 0.25) is 0 Å². The third kappa shape index (κ3) is 3.48. The molecule has 0 aliphatic heterocycles. The predicted octanol–water partition coefficient (Wildman–Crippen LogP) is 1.67. The summed E-state index contributed by atoms with van der Waals surface area (Å²) in [5, 5.41) is 0. The minimum atomic E-state index is 0.434. The summed E-state index contributed by atoms with van der Waals surface area (Å²) in [4.78, 5) is 15.1. The molecule has 2 aromatic heterocycles. The van der Waals surface area contributed by atoms with Crippen LogP contribution in [0.5, 0.6) is 0 Å². The summed E-state index contributed by atoms with van der Waals surface area (Å²) < 4.78 is 0. The van der Waals surface area contributed by atoms with Crippen molar-refractivity contribution in [1.82, 2.24) is 15.0 Å². The zero-order chi connectivity index (χ0) is 13.7. The number of hydrogen-bond acceptors (Lipinski definition) is 5. The van der Waals surface area contributed by atoms with Crippen LogP contribution in [-0.2, 0) is 13.1 Å². The Kier molecular flexibility index (Phi) is 4.41. The van der Waals surface area contributed by atoms with Crippen LogP contribution in [0.1, 0.15) is 23.9 Å². The van der Waals surface area contributed by atoms with Gasteiger partial charge in [0.2, 0.25) is 5.95 Å². The summed E-state index contributed by atoms with van der Waals surface area (Å²) in [5.41, 5.74) is 8.67. The molecule has 0 saturated heterocycles. The van der Waals surface area contributed by atoms with Gasteiger partial charge in [-0.15, -0.1) is 0 Å². The molecule has 5 heteroatoms. The fourth-order valence-electron chi connectivity index (χ4n) is 1.90. The van der Waals surface area contributed by atoms with Crippen LogP contribution in [0, 0.1) is 6.92 Å². The minimum Gasteiger partial charge on any atom is -0.337 e. The number of aromatic nitrogens is 3. The summed E-state index contributed by atoms with van der Waals surface area (Å²) in [7, 11) is 0. The van der Waals surface area contributed by atoms with E-state index in [1.807, 2.05) is 25.1 Å². The average molecular weight is 257 g/mol. The van der Waals surface area contributed by atoms with Crippen LogP contribution >= 0.6 is 0 Å². The Morgan fingerprint density at radius 3 is 2.58 bits per heavy atom. The SMILES string of the molecule is CCN(Cc1ccncc1)c1nc(C)cc(CN)n1. The van der Waals surface area contributed by atoms with Crippen LogP contribution in [0.4, 0.5) is 5.95 Å². The number of hydrogen-bond donors (Lipinski definition) is 1. The molecule has 0 atom stereocenters. The van der Waals surface area contributed by atoms with E-state index in [9.17, 15) is 0 Å². The van der Waals surface area contributed by atoms with E-state index in [4.69, 9.17) is 5.73 Å². The molecule has 2 heterocycles. The third-order valence-corrected chi connectivity index (χ3v) is 2.89. The number of pyridine rings is 1. The molecule has 0 fully saturated rings. The van der Waals surface area contributed by atoms with Gasteiger partial charge in [0.05, 0.1) is 5.69 Å². The van der Waals surface area contributed by atoms with E-state index >= 15 is 0 Å². The molecular weight excluding hydrogens is 238 g/mol. The average Bonchev–Trinajstić information content (AvgIpc) is 2.45. The monoisotopic (exact) mass is 257 g/mol. The molecule has 0 aliphatic carbocycles. The summed E-state index contributed by atoms with van der Waals surface area (Å²) in [6.45, 7) is 6.10. The first-order chi connectivity index (χ1) is 9.22. The zero-order valence-electron chi connectivity index (χ0n) is 11.4. The lowest BCUT2D eigenvalue weighted by Crippen LogP contribution is -2.25. The number of anilines is 1. The van der Waals surface area contributed by atoms with Crippen molar-refractivity contribution in [2.45, 2.75) is 26.9 Å². The largest absolute Gasteiger partial charge is 0.337 e. The maximum Gasteiger partial charge on any atom is 0.226 e. The number of aryl methyl sites for hydroxylation is 1. The molecular formula is C14H19N5. The van der Waals surface area contributed by atoms with E-state index in [-0.39, 0.29) is 0 Å². The standard InChI is InChI=1S/C14H19N5/c1-3-19(10-12-4-6-16-7-5-12)14-17-11(2)8-13(9-15)18-14/h4-8H,3,9-10,15H2,1-2H3. The molecule has 19 heavy (non-hydrogen) atoms. The number of nitrogens with two attached hydrogens (primary N) is 1. The van der Waals surface area contributed by atoms with Crippen LogP contribution in [0.25, 0.3) is 0 Å². The molecule has 0 aliphatic rings. The minimum absolute atomic E-state index is 0.434. The van der Waals surface area contributed by atoms with E-state index in [1.54, 1.807) is 12.4 Å². The Balaban J connectivity index is 2.24. The molecule has 0 amide bonds. The van der Waals surface area contributed by atoms with Crippen molar-refractivity contribution in [3.8, 4) is 0 Å². The van der Waals surface area contributed by atoms with Crippen molar-refractivity contribution in [3.63, 3.8) is 0 Å². The van der Waals surface area contributed by atoms with E-state index in [0.29, 0.717) is 6.54 Å². The maximum absolute atomic E-state index is 5.66. The van der Waals surface area contributed by atoms with Gasteiger partial charge in [-0.1, -0.05) is 0 Å². The highest BCUT2D eigenvalue weighted by atomic mass is 15.2. The molecule has 2 N–H and O–H groups in total. The van der Waals surface area contributed by atoms with Gasteiger partial charge < -0.3 is 10.6 Å². The molecule has 5 nitrogen and oxygen atoms in total. The highest BCUT2D eigenvalue weighted by Gasteiger charge is 2.10. The van der Waals surface area contributed by atoms with Gasteiger partial charge in [0.1, 0.15) is 0 Å². The Morgan fingerprint density at radius 1 is 1.21 bits per heavy atom.